The van der Waals surface area contributed by atoms with Crippen molar-refractivity contribution in [3.8, 4) is 6.07 Å². The molecule has 0 fully saturated rings. The van der Waals surface area contributed by atoms with E-state index in [1.54, 1.807) is 30.6 Å². The molecule has 0 N–H and O–H groups in total. The fourth-order valence-corrected chi connectivity index (χ4v) is 2.11. The van der Waals surface area contributed by atoms with Gasteiger partial charge in [0.05, 0.1) is 35.5 Å². The van der Waals surface area contributed by atoms with Gasteiger partial charge in [0.25, 0.3) is 0 Å². The molecule has 1 aromatic heterocycles. The van der Waals surface area contributed by atoms with Gasteiger partial charge in [-0.15, -0.1) is 0 Å². The maximum Gasteiger partial charge on any atom is 0.182 e. The van der Waals surface area contributed by atoms with Crippen LogP contribution in [-0.4, -0.2) is 15.3 Å². The number of carbonyl (C=O) groups excluding carboxylic acids is 1. The summed E-state index contributed by atoms with van der Waals surface area (Å²) in [6, 6.07) is 16.4. The van der Waals surface area contributed by atoms with Gasteiger partial charge in [0.15, 0.2) is 5.78 Å². The van der Waals surface area contributed by atoms with Gasteiger partial charge in [-0.25, -0.2) is 4.98 Å². The van der Waals surface area contributed by atoms with Gasteiger partial charge < -0.3 is 4.57 Å². The number of hydrogen-bond acceptors (Lipinski definition) is 3. The van der Waals surface area contributed by atoms with Gasteiger partial charge in [0.1, 0.15) is 0 Å². The van der Waals surface area contributed by atoms with E-state index >= 15 is 0 Å². The number of para-hydroxylation sites is 2. The predicted molar refractivity (Wildman–Crippen MR) is 75.2 cm³/mol. The Labute approximate surface area is 115 Å². The number of benzene rings is 2. The second kappa shape index (κ2) is 4.98. The van der Waals surface area contributed by atoms with Crippen LogP contribution >= 0.6 is 0 Å². The van der Waals surface area contributed by atoms with Crippen LogP contribution in [0, 0.1) is 11.3 Å². The van der Waals surface area contributed by atoms with Crippen molar-refractivity contribution in [1.82, 2.24) is 9.55 Å². The first-order valence-electron chi connectivity index (χ1n) is 6.21. The number of rotatable bonds is 3. The number of imidazole rings is 1. The summed E-state index contributed by atoms with van der Waals surface area (Å²) in [6.07, 6.45) is 1.67. The van der Waals surface area contributed by atoms with E-state index in [1.165, 1.54) is 0 Å². The lowest BCUT2D eigenvalue weighted by Crippen LogP contribution is -2.09. The van der Waals surface area contributed by atoms with Crippen molar-refractivity contribution in [2.24, 2.45) is 0 Å². The number of hydrogen-bond donors (Lipinski definition) is 0. The van der Waals surface area contributed by atoms with Gasteiger partial charge in [-0.3, -0.25) is 4.79 Å². The smallest absolute Gasteiger partial charge is 0.182 e. The highest BCUT2D eigenvalue weighted by Crippen LogP contribution is 2.13. The number of aromatic nitrogens is 2. The lowest BCUT2D eigenvalue weighted by Gasteiger charge is -2.04. The van der Waals surface area contributed by atoms with Crippen molar-refractivity contribution in [1.29, 1.82) is 5.26 Å². The lowest BCUT2D eigenvalue weighted by molar-refractivity contribution is 0.0973. The van der Waals surface area contributed by atoms with Gasteiger partial charge in [0, 0.05) is 5.56 Å². The first kappa shape index (κ1) is 12.1. The highest BCUT2D eigenvalue weighted by molar-refractivity contribution is 5.96. The number of Topliss-reactive ketones (excluding diaryl/α,β-unsaturated/α-hetero) is 1. The molecule has 3 rings (SSSR count). The molecule has 0 aliphatic heterocycles. The quantitative estimate of drug-likeness (QED) is 0.681. The van der Waals surface area contributed by atoms with Gasteiger partial charge in [-0.1, -0.05) is 24.3 Å². The first-order valence-corrected chi connectivity index (χ1v) is 6.21. The van der Waals surface area contributed by atoms with Crippen molar-refractivity contribution < 1.29 is 4.79 Å². The second-order valence-electron chi connectivity index (χ2n) is 4.47. The standard InChI is InChI=1S/C16H11N3O/c17-9-12-5-7-13(8-6-12)16(20)10-19-11-18-14-3-1-2-4-15(14)19/h1-8,11H,10H2. The zero-order valence-electron chi connectivity index (χ0n) is 10.7. The Hall–Kier alpha value is -2.93. The van der Waals surface area contributed by atoms with Crippen LogP contribution in [0.15, 0.2) is 54.9 Å². The molecule has 3 aromatic rings. The fraction of sp³-hybridized carbons (Fsp3) is 0.0625. The Morgan fingerprint density at radius 1 is 1.15 bits per heavy atom. The number of ketones is 1. The fourth-order valence-electron chi connectivity index (χ4n) is 2.11. The van der Waals surface area contributed by atoms with Crippen molar-refractivity contribution in [2.45, 2.75) is 6.54 Å². The third-order valence-corrected chi connectivity index (χ3v) is 3.18. The molecule has 0 radical (unpaired) electrons. The Balaban J connectivity index is 1.87. The molecule has 2 aromatic carbocycles. The average Bonchev–Trinajstić information content (AvgIpc) is 2.91. The molecule has 1 heterocycles. The van der Waals surface area contributed by atoms with E-state index in [0.717, 1.165) is 11.0 Å². The summed E-state index contributed by atoms with van der Waals surface area (Å²) in [5, 5.41) is 8.75. The summed E-state index contributed by atoms with van der Waals surface area (Å²) < 4.78 is 1.83. The molecule has 96 valence electrons. The number of carbonyl (C=O) groups is 1. The van der Waals surface area contributed by atoms with Crippen LogP contribution in [0.3, 0.4) is 0 Å². The van der Waals surface area contributed by atoms with Gasteiger partial charge >= 0.3 is 0 Å². The van der Waals surface area contributed by atoms with Crippen LogP contribution in [0.5, 0.6) is 0 Å². The summed E-state index contributed by atoms with van der Waals surface area (Å²) in [7, 11) is 0. The van der Waals surface area contributed by atoms with E-state index in [4.69, 9.17) is 5.26 Å². The Morgan fingerprint density at radius 3 is 2.65 bits per heavy atom. The third kappa shape index (κ3) is 2.17. The molecule has 0 aliphatic carbocycles. The summed E-state index contributed by atoms with van der Waals surface area (Å²) in [6.45, 7) is 0.242. The minimum atomic E-state index is -0.00218. The van der Waals surface area contributed by atoms with Crippen LogP contribution in [0.2, 0.25) is 0 Å². The van der Waals surface area contributed by atoms with Crippen LogP contribution in [0.25, 0.3) is 11.0 Å². The Bertz CT molecular complexity index is 810. The molecule has 0 atom stereocenters. The van der Waals surface area contributed by atoms with Crippen LogP contribution in [0.4, 0.5) is 0 Å². The molecular formula is C16H11N3O. The highest BCUT2D eigenvalue weighted by atomic mass is 16.1. The number of nitrogens with zero attached hydrogens (tertiary/aromatic N) is 3. The molecule has 0 aliphatic rings. The average molecular weight is 261 g/mol. The van der Waals surface area contributed by atoms with Gasteiger partial charge in [0.2, 0.25) is 0 Å². The summed E-state index contributed by atoms with van der Waals surface area (Å²) in [5.41, 5.74) is 2.96. The van der Waals surface area contributed by atoms with E-state index in [-0.39, 0.29) is 12.3 Å². The monoisotopic (exact) mass is 261 g/mol. The summed E-state index contributed by atoms with van der Waals surface area (Å²) >= 11 is 0. The minimum absolute atomic E-state index is 0.00218. The van der Waals surface area contributed by atoms with Crippen LogP contribution in [0.1, 0.15) is 15.9 Å². The zero-order valence-corrected chi connectivity index (χ0v) is 10.7. The third-order valence-electron chi connectivity index (χ3n) is 3.18. The Kier molecular flexibility index (Phi) is 3.02. The molecule has 0 saturated heterocycles. The molecule has 0 bridgehead atoms. The number of nitriles is 1. The molecule has 4 heteroatoms. The SMILES string of the molecule is N#Cc1ccc(C(=O)Cn2cnc3ccccc32)cc1. The van der Waals surface area contributed by atoms with Gasteiger partial charge in [-0.2, -0.15) is 5.26 Å². The van der Waals surface area contributed by atoms with Gasteiger partial charge in [-0.05, 0) is 24.3 Å². The topological polar surface area (TPSA) is 58.7 Å². The van der Waals surface area contributed by atoms with E-state index < -0.39 is 0 Å². The zero-order chi connectivity index (χ0) is 13.9. The largest absolute Gasteiger partial charge is 0.323 e. The summed E-state index contributed by atoms with van der Waals surface area (Å²) in [4.78, 5) is 16.5. The van der Waals surface area contributed by atoms with E-state index in [9.17, 15) is 4.79 Å². The molecule has 0 spiro atoms. The molecule has 4 nitrogen and oxygen atoms in total. The van der Waals surface area contributed by atoms with Crippen molar-refractivity contribution >= 4 is 16.8 Å². The molecule has 20 heavy (non-hydrogen) atoms. The molecule has 0 saturated carbocycles. The van der Waals surface area contributed by atoms with E-state index in [0.29, 0.717) is 11.1 Å². The number of fused-ring (bicyclic) bond motifs is 1. The van der Waals surface area contributed by atoms with Crippen molar-refractivity contribution in [3.63, 3.8) is 0 Å². The normalized spacial score (nSPS) is 10.3. The first-order chi connectivity index (χ1) is 9.78. The van der Waals surface area contributed by atoms with E-state index in [1.807, 2.05) is 34.9 Å². The second-order valence-corrected chi connectivity index (χ2v) is 4.47. The van der Waals surface area contributed by atoms with Crippen LogP contribution in [-0.2, 0) is 6.54 Å². The van der Waals surface area contributed by atoms with Crippen LogP contribution < -0.4 is 0 Å². The molecular weight excluding hydrogens is 250 g/mol. The molecule has 0 unspecified atom stereocenters. The minimum Gasteiger partial charge on any atom is -0.323 e. The highest BCUT2D eigenvalue weighted by Gasteiger charge is 2.09. The maximum absolute atomic E-state index is 12.2. The maximum atomic E-state index is 12.2. The Morgan fingerprint density at radius 2 is 1.90 bits per heavy atom. The van der Waals surface area contributed by atoms with Crippen molar-refractivity contribution in [2.75, 3.05) is 0 Å². The molecule has 0 amide bonds. The van der Waals surface area contributed by atoms with E-state index in [2.05, 4.69) is 4.98 Å². The predicted octanol–water partition coefficient (Wildman–Crippen LogP) is 2.79. The lowest BCUT2D eigenvalue weighted by atomic mass is 10.1. The van der Waals surface area contributed by atoms with Crippen molar-refractivity contribution in [3.05, 3.63) is 66.0 Å². The summed E-state index contributed by atoms with van der Waals surface area (Å²) in [5.74, 6) is -0.00218.